The number of benzene rings is 1. The van der Waals surface area contributed by atoms with Gasteiger partial charge < -0.3 is 14.7 Å². The molecule has 0 amide bonds. The first-order valence-corrected chi connectivity index (χ1v) is 7.88. The van der Waals surface area contributed by atoms with Gasteiger partial charge >= 0.3 is 5.97 Å². The monoisotopic (exact) mass is 289 g/mol. The van der Waals surface area contributed by atoms with Gasteiger partial charge in [-0.1, -0.05) is 19.1 Å². The average molecular weight is 289 g/mol. The number of carboxylic acids is 1. The molecule has 1 heterocycles. The molecule has 3 atom stereocenters. The normalized spacial score (nSPS) is 29.2. The fraction of sp³-hybridized carbons (Fsp3) is 0.588. The van der Waals surface area contributed by atoms with Crippen molar-refractivity contribution in [2.45, 2.75) is 38.6 Å². The van der Waals surface area contributed by atoms with E-state index in [1.165, 1.54) is 0 Å². The van der Waals surface area contributed by atoms with Gasteiger partial charge in [0.25, 0.3) is 0 Å². The Labute approximate surface area is 125 Å². The van der Waals surface area contributed by atoms with Gasteiger partial charge in [0.2, 0.25) is 0 Å². The summed E-state index contributed by atoms with van der Waals surface area (Å²) in [5.41, 5.74) is 1.06. The highest BCUT2D eigenvalue weighted by Crippen LogP contribution is 2.39. The van der Waals surface area contributed by atoms with Gasteiger partial charge in [-0.15, -0.1) is 0 Å². The second-order valence-electron chi connectivity index (χ2n) is 6.29. The second-order valence-corrected chi connectivity index (χ2v) is 6.29. The fourth-order valence-electron chi connectivity index (χ4n) is 3.68. The maximum absolute atomic E-state index is 11.7. The number of ether oxygens (including phenoxy) is 1. The van der Waals surface area contributed by atoms with Crippen molar-refractivity contribution in [1.29, 1.82) is 0 Å². The molecule has 1 aliphatic heterocycles. The molecule has 4 nitrogen and oxygen atoms in total. The van der Waals surface area contributed by atoms with Crippen molar-refractivity contribution in [2.75, 3.05) is 18.1 Å². The van der Waals surface area contributed by atoms with Crippen LogP contribution in [-0.4, -0.2) is 30.3 Å². The van der Waals surface area contributed by atoms with Crippen molar-refractivity contribution in [2.24, 2.45) is 11.8 Å². The zero-order valence-corrected chi connectivity index (χ0v) is 12.5. The second kappa shape index (κ2) is 5.96. The molecule has 3 unspecified atom stereocenters. The van der Waals surface area contributed by atoms with E-state index >= 15 is 0 Å². The Morgan fingerprint density at radius 3 is 2.95 bits per heavy atom. The van der Waals surface area contributed by atoms with Gasteiger partial charge in [0, 0.05) is 12.6 Å². The summed E-state index contributed by atoms with van der Waals surface area (Å²) in [5.74, 6) is 0.543. The van der Waals surface area contributed by atoms with Crippen LogP contribution in [0.4, 0.5) is 5.69 Å². The molecule has 4 heteroatoms. The summed E-state index contributed by atoms with van der Waals surface area (Å²) in [7, 11) is 0. The van der Waals surface area contributed by atoms with E-state index < -0.39 is 5.97 Å². The largest absolute Gasteiger partial charge is 0.491 e. The van der Waals surface area contributed by atoms with Gasteiger partial charge in [-0.25, -0.2) is 0 Å². The van der Waals surface area contributed by atoms with Crippen LogP contribution in [0.2, 0.25) is 0 Å². The number of fused-ring (bicyclic) bond motifs is 1. The average Bonchev–Trinajstić information content (AvgIpc) is 2.69. The number of anilines is 1. The lowest BCUT2D eigenvalue weighted by Gasteiger charge is -2.41. The minimum absolute atomic E-state index is 0.0779. The Balaban J connectivity index is 1.94. The Kier molecular flexibility index (Phi) is 4.04. The van der Waals surface area contributed by atoms with Crippen LogP contribution in [0.5, 0.6) is 5.75 Å². The lowest BCUT2D eigenvalue weighted by atomic mass is 9.78. The van der Waals surface area contributed by atoms with Gasteiger partial charge in [0.1, 0.15) is 5.75 Å². The molecule has 1 aromatic carbocycles. The van der Waals surface area contributed by atoms with E-state index in [-0.39, 0.29) is 12.0 Å². The molecule has 0 saturated heterocycles. The summed E-state index contributed by atoms with van der Waals surface area (Å²) in [6.07, 6.45) is 3.68. The molecule has 0 radical (unpaired) electrons. The van der Waals surface area contributed by atoms with Crippen LogP contribution in [0.1, 0.15) is 32.6 Å². The van der Waals surface area contributed by atoms with Crippen LogP contribution >= 0.6 is 0 Å². The topological polar surface area (TPSA) is 49.8 Å². The quantitative estimate of drug-likeness (QED) is 0.908. The molecule has 0 bridgehead atoms. The molecule has 0 aromatic heterocycles. The highest BCUT2D eigenvalue weighted by Gasteiger charge is 2.38. The third-order valence-corrected chi connectivity index (χ3v) is 4.77. The molecule has 1 aromatic rings. The molecule has 1 N–H and O–H groups in total. The summed E-state index contributed by atoms with van der Waals surface area (Å²) in [6.45, 7) is 3.80. The lowest BCUT2D eigenvalue weighted by Crippen LogP contribution is -2.47. The van der Waals surface area contributed by atoms with Crippen LogP contribution in [-0.2, 0) is 4.79 Å². The predicted octanol–water partition coefficient (Wildman–Crippen LogP) is 3.16. The number of nitrogens with zero attached hydrogens (tertiary/aromatic N) is 1. The Bertz CT molecular complexity index is 517. The Hall–Kier alpha value is -1.71. The summed E-state index contributed by atoms with van der Waals surface area (Å²) in [6, 6.07) is 8.09. The van der Waals surface area contributed by atoms with Crippen LogP contribution in [0.3, 0.4) is 0 Å². The van der Waals surface area contributed by atoms with Crippen molar-refractivity contribution in [3.63, 3.8) is 0 Å². The molecule has 21 heavy (non-hydrogen) atoms. The summed E-state index contributed by atoms with van der Waals surface area (Å²) >= 11 is 0. The first kappa shape index (κ1) is 14.2. The molecule has 1 aliphatic carbocycles. The summed E-state index contributed by atoms with van der Waals surface area (Å²) < 4.78 is 5.80. The van der Waals surface area contributed by atoms with E-state index in [9.17, 15) is 9.90 Å². The minimum atomic E-state index is -0.658. The highest BCUT2D eigenvalue weighted by molar-refractivity contribution is 5.73. The summed E-state index contributed by atoms with van der Waals surface area (Å²) in [4.78, 5) is 13.9. The number of hydrogen-bond donors (Lipinski definition) is 1. The Morgan fingerprint density at radius 2 is 2.14 bits per heavy atom. The standard InChI is InChI=1S/C17H23NO3/c1-12-7-8-13(17(19)20)15(11-12)18-9-4-10-21-16-6-3-2-5-14(16)18/h2-3,5-6,12-13,15H,4,7-11H2,1H3,(H,19,20). The zero-order chi connectivity index (χ0) is 14.8. The Morgan fingerprint density at radius 1 is 1.33 bits per heavy atom. The van der Waals surface area contributed by atoms with Crippen molar-refractivity contribution in [1.82, 2.24) is 0 Å². The van der Waals surface area contributed by atoms with Crippen molar-refractivity contribution in [3.8, 4) is 5.75 Å². The van der Waals surface area contributed by atoms with Crippen molar-refractivity contribution >= 4 is 11.7 Å². The fourth-order valence-corrected chi connectivity index (χ4v) is 3.68. The smallest absolute Gasteiger partial charge is 0.308 e. The third kappa shape index (κ3) is 2.85. The molecular weight excluding hydrogens is 266 g/mol. The number of aliphatic carboxylic acids is 1. The first-order chi connectivity index (χ1) is 10.2. The maximum atomic E-state index is 11.7. The molecule has 0 spiro atoms. The van der Waals surface area contributed by atoms with Crippen molar-refractivity contribution < 1.29 is 14.6 Å². The minimum Gasteiger partial charge on any atom is -0.491 e. The molecule has 3 rings (SSSR count). The van der Waals surface area contributed by atoms with E-state index in [1.807, 2.05) is 18.2 Å². The van der Waals surface area contributed by atoms with Gasteiger partial charge in [-0.05, 0) is 43.7 Å². The SMILES string of the molecule is CC1CCC(C(=O)O)C(N2CCCOc3ccccc32)C1. The van der Waals surface area contributed by atoms with E-state index in [0.717, 1.165) is 43.7 Å². The van der Waals surface area contributed by atoms with Crippen LogP contribution < -0.4 is 9.64 Å². The highest BCUT2D eigenvalue weighted by atomic mass is 16.5. The number of hydrogen-bond acceptors (Lipinski definition) is 3. The predicted molar refractivity (Wildman–Crippen MR) is 81.8 cm³/mol. The third-order valence-electron chi connectivity index (χ3n) is 4.77. The molecular formula is C17H23NO3. The van der Waals surface area contributed by atoms with Gasteiger partial charge in [-0.3, -0.25) is 4.79 Å². The first-order valence-electron chi connectivity index (χ1n) is 7.88. The summed E-state index contributed by atoms with van der Waals surface area (Å²) in [5, 5.41) is 9.59. The lowest BCUT2D eigenvalue weighted by molar-refractivity contribution is -0.143. The van der Waals surface area contributed by atoms with E-state index in [2.05, 4.69) is 17.9 Å². The van der Waals surface area contributed by atoms with Crippen molar-refractivity contribution in [3.05, 3.63) is 24.3 Å². The molecule has 114 valence electrons. The molecule has 2 aliphatic rings. The number of rotatable bonds is 2. The number of para-hydroxylation sites is 2. The van der Waals surface area contributed by atoms with Gasteiger partial charge in [0.05, 0.1) is 18.2 Å². The maximum Gasteiger partial charge on any atom is 0.308 e. The van der Waals surface area contributed by atoms with Crippen LogP contribution in [0.25, 0.3) is 0 Å². The van der Waals surface area contributed by atoms with Gasteiger partial charge in [0.15, 0.2) is 0 Å². The van der Waals surface area contributed by atoms with Crippen LogP contribution in [0, 0.1) is 11.8 Å². The van der Waals surface area contributed by atoms with Gasteiger partial charge in [-0.2, -0.15) is 0 Å². The number of carboxylic acid groups (broad SMARTS) is 1. The van der Waals surface area contributed by atoms with E-state index in [4.69, 9.17) is 4.74 Å². The van der Waals surface area contributed by atoms with E-state index in [0.29, 0.717) is 12.5 Å². The van der Waals surface area contributed by atoms with Crippen LogP contribution in [0.15, 0.2) is 24.3 Å². The molecule has 1 fully saturated rings. The zero-order valence-electron chi connectivity index (χ0n) is 12.5. The number of carbonyl (C=O) groups is 1. The molecule has 1 saturated carbocycles. The van der Waals surface area contributed by atoms with E-state index in [1.54, 1.807) is 0 Å².